The van der Waals surface area contributed by atoms with Crippen LogP contribution in [0, 0.1) is 11.8 Å². The van der Waals surface area contributed by atoms with Gasteiger partial charge in [-0.3, -0.25) is 9.59 Å². The molecule has 194 valence electrons. The van der Waals surface area contributed by atoms with Crippen LogP contribution in [0.1, 0.15) is 64.7 Å². The number of benzene rings is 1. The monoisotopic (exact) mass is 497 g/mol. The zero-order valence-corrected chi connectivity index (χ0v) is 20.7. The van der Waals surface area contributed by atoms with Crippen LogP contribution in [0.3, 0.4) is 0 Å². The molecule has 0 saturated carbocycles. The normalized spacial score (nSPS) is 28.9. The van der Waals surface area contributed by atoms with Gasteiger partial charge in [-0.05, 0) is 45.6 Å². The molecule has 10 heteroatoms. The molecule has 2 saturated heterocycles. The van der Waals surface area contributed by atoms with Crippen molar-refractivity contribution in [3.8, 4) is 5.75 Å². The maximum atomic E-state index is 13.7. The van der Waals surface area contributed by atoms with E-state index in [1.807, 2.05) is 13.8 Å². The molecular formula is C25H34F3N3O4. The van der Waals surface area contributed by atoms with Crippen molar-refractivity contribution in [2.75, 3.05) is 6.54 Å². The van der Waals surface area contributed by atoms with Gasteiger partial charge in [0.15, 0.2) is 0 Å². The number of hydrogen-bond donors (Lipinski definition) is 2. The Hall–Kier alpha value is -2.33. The van der Waals surface area contributed by atoms with Crippen molar-refractivity contribution < 1.29 is 32.2 Å². The minimum atomic E-state index is -4.54. The number of carbonyl (C=O) groups excluding carboxylic acids is 2. The van der Waals surface area contributed by atoms with Crippen LogP contribution in [0.5, 0.6) is 5.75 Å². The Morgan fingerprint density at radius 3 is 2.51 bits per heavy atom. The van der Waals surface area contributed by atoms with Crippen molar-refractivity contribution in [2.24, 2.45) is 17.6 Å². The first-order valence-electron chi connectivity index (χ1n) is 12.1. The Bertz CT molecular complexity index is 995. The molecule has 0 bridgehead atoms. The lowest BCUT2D eigenvalue weighted by Crippen LogP contribution is -2.58. The highest BCUT2D eigenvalue weighted by Gasteiger charge is 2.55. The molecule has 3 heterocycles. The number of nitrogens with zero attached hydrogens (tertiary/aromatic N) is 1. The number of fused-ring (bicyclic) bond motifs is 4. The van der Waals surface area contributed by atoms with E-state index in [0.717, 1.165) is 6.07 Å². The predicted octanol–water partition coefficient (Wildman–Crippen LogP) is 3.41. The minimum Gasteiger partial charge on any atom is -0.486 e. The van der Waals surface area contributed by atoms with Crippen LogP contribution < -0.4 is 15.8 Å². The quantitative estimate of drug-likeness (QED) is 0.665. The third kappa shape index (κ3) is 4.62. The number of hydrogen-bond acceptors (Lipinski definition) is 5. The number of amides is 2. The standard InChI is InChI=1S/C25H34F3N3O4/c1-12(2)19(30-22(32)13(3)29)23(33)31-10-9-18-17(31)11-16-20(34-18)14-7-6-8-15(25(26,27)28)21(14)35-24(16,4)5/h6-8,12-13,16-20H,9-11,29H2,1-5H3,(H,30,32)/t13-,16+,17+,18+,19+,20-/m1/s1. The van der Waals surface area contributed by atoms with E-state index < -0.39 is 41.4 Å². The van der Waals surface area contributed by atoms with Crippen LogP contribution in [0.15, 0.2) is 18.2 Å². The second-order valence-corrected chi connectivity index (χ2v) is 10.8. The highest BCUT2D eigenvalue weighted by Crippen LogP contribution is 2.55. The van der Waals surface area contributed by atoms with Crippen molar-refractivity contribution in [1.29, 1.82) is 0 Å². The van der Waals surface area contributed by atoms with Crippen LogP contribution in [0.4, 0.5) is 13.2 Å². The molecule has 2 amide bonds. The Morgan fingerprint density at radius 1 is 1.23 bits per heavy atom. The Morgan fingerprint density at radius 2 is 1.91 bits per heavy atom. The van der Waals surface area contributed by atoms with Gasteiger partial charge in [-0.1, -0.05) is 26.0 Å². The molecule has 2 fully saturated rings. The van der Waals surface area contributed by atoms with E-state index in [1.165, 1.54) is 6.07 Å². The summed E-state index contributed by atoms with van der Waals surface area (Å²) in [6, 6.07) is 2.32. The molecule has 7 nitrogen and oxygen atoms in total. The number of rotatable bonds is 4. The summed E-state index contributed by atoms with van der Waals surface area (Å²) < 4.78 is 53.5. The minimum absolute atomic E-state index is 0.149. The van der Waals surface area contributed by atoms with E-state index in [1.54, 1.807) is 31.7 Å². The summed E-state index contributed by atoms with van der Waals surface area (Å²) in [6.45, 7) is 9.26. The maximum Gasteiger partial charge on any atom is 0.419 e. The Kier molecular flexibility index (Phi) is 6.59. The van der Waals surface area contributed by atoms with E-state index >= 15 is 0 Å². The maximum absolute atomic E-state index is 13.7. The zero-order valence-electron chi connectivity index (χ0n) is 20.7. The number of alkyl halides is 3. The van der Waals surface area contributed by atoms with Crippen LogP contribution in [0.25, 0.3) is 0 Å². The summed E-state index contributed by atoms with van der Waals surface area (Å²) in [5, 5.41) is 2.77. The number of nitrogens with one attached hydrogen (secondary N) is 1. The highest BCUT2D eigenvalue weighted by atomic mass is 19.4. The Labute approximate surface area is 203 Å². The molecule has 3 aliphatic heterocycles. The molecule has 0 aromatic heterocycles. The van der Waals surface area contributed by atoms with Gasteiger partial charge in [0.2, 0.25) is 11.8 Å². The molecule has 0 unspecified atom stereocenters. The van der Waals surface area contributed by atoms with Crippen LogP contribution in [0.2, 0.25) is 0 Å². The number of nitrogens with two attached hydrogens (primary N) is 1. The lowest BCUT2D eigenvalue weighted by molar-refractivity contribution is -0.173. The lowest BCUT2D eigenvalue weighted by Gasteiger charge is -2.51. The van der Waals surface area contributed by atoms with Crippen molar-refractivity contribution in [2.45, 2.75) is 89.6 Å². The lowest BCUT2D eigenvalue weighted by atomic mass is 9.73. The van der Waals surface area contributed by atoms with E-state index in [-0.39, 0.29) is 35.6 Å². The number of para-hydroxylation sites is 1. The van der Waals surface area contributed by atoms with Gasteiger partial charge < -0.3 is 25.4 Å². The smallest absolute Gasteiger partial charge is 0.419 e. The molecule has 1 aromatic carbocycles. The number of ether oxygens (including phenoxy) is 2. The van der Waals surface area contributed by atoms with E-state index in [4.69, 9.17) is 15.2 Å². The third-order valence-electron chi connectivity index (χ3n) is 7.51. The van der Waals surface area contributed by atoms with Crippen LogP contribution >= 0.6 is 0 Å². The van der Waals surface area contributed by atoms with Crippen molar-refractivity contribution in [3.05, 3.63) is 29.3 Å². The topological polar surface area (TPSA) is 93.9 Å². The molecule has 0 spiro atoms. The van der Waals surface area contributed by atoms with E-state index in [0.29, 0.717) is 24.9 Å². The summed E-state index contributed by atoms with van der Waals surface area (Å²) in [5.41, 5.74) is 4.33. The number of likely N-dealkylation sites (tertiary alicyclic amines) is 1. The first-order valence-corrected chi connectivity index (χ1v) is 12.1. The second-order valence-electron chi connectivity index (χ2n) is 10.8. The summed E-state index contributed by atoms with van der Waals surface area (Å²) in [5.74, 6) is -1.17. The van der Waals surface area contributed by atoms with Gasteiger partial charge >= 0.3 is 6.18 Å². The molecule has 4 rings (SSSR count). The van der Waals surface area contributed by atoms with Gasteiger partial charge in [0.1, 0.15) is 17.4 Å². The molecule has 35 heavy (non-hydrogen) atoms. The summed E-state index contributed by atoms with van der Waals surface area (Å²) in [7, 11) is 0. The summed E-state index contributed by atoms with van der Waals surface area (Å²) in [6.07, 6.45) is -4.32. The molecule has 3 aliphatic rings. The van der Waals surface area contributed by atoms with Gasteiger partial charge in [-0.2, -0.15) is 13.2 Å². The van der Waals surface area contributed by atoms with E-state index in [9.17, 15) is 22.8 Å². The van der Waals surface area contributed by atoms with Gasteiger partial charge in [-0.25, -0.2) is 0 Å². The third-order valence-corrected chi connectivity index (χ3v) is 7.51. The predicted molar refractivity (Wildman–Crippen MR) is 122 cm³/mol. The molecule has 0 radical (unpaired) electrons. The SMILES string of the molecule is CC(C)[C@H](NC(=O)[C@@H](C)N)C(=O)N1CC[C@@H]2O[C@@H]3c4cccc(C(F)(F)F)c4OC(C)(C)[C@H]3C[C@@H]21. The summed E-state index contributed by atoms with van der Waals surface area (Å²) in [4.78, 5) is 27.5. The van der Waals surface area contributed by atoms with E-state index in [2.05, 4.69) is 5.32 Å². The molecule has 0 aliphatic carbocycles. The number of halogens is 3. The molecule has 6 atom stereocenters. The van der Waals surface area contributed by atoms with Gasteiger partial charge in [0.05, 0.1) is 29.9 Å². The van der Waals surface area contributed by atoms with Gasteiger partial charge in [0, 0.05) is 18.0 Å². The van der Waals surface area contributed by atoms with Crippen molar-refractivity contribution >= 4 is 11.8 Å². The highest BCUT2D eigenvalue weighted by molar-refractivity contribution is 5.90. The first kappa shape index (κ1) is 25.8. The second kappa shape index (κ2) is 8.96. The van der Waals surface area contributed by atoms with Crippen molar-refractivity contribution in [3.63, 3.8) is 0 Å². The van der Waals surface area contributed by atoms with Crippen molar-refractivity contribution in [1.82, 2.24) is 10.2 Å². The molecular weight excluding hydrogens is 463 g/mol. The fourth-order valence-corrected chi connectivity index (χ4v) is 5.57. The zero-order chi connectivity index (χ0) is 25.9. The van der Waals surface area contributed by atoms with Gasteiger partial charge in [-0.15, -0.1) is 0 Å². The first-order chi connectivity index (χ1) is 16.2. The van der Waals surface area contributed by atoms with Gasteiger partial charge in [0.25, 0.3) is 0 Å². The van der Waals surface area contributed by atoms with Crippen LogP contribution in [-0.4, -0.2) is 53.1 Å². The molecule has 3 N–H and O–H groups in total. The fourth-order valence-electron chi connectivity index (χ4n) is 5.57. The number of carbonyl (C=O) groups is 2. The van der Waals surface area contributed by atoms with Crippen LogP contribution in [-0.2, 0) is 20.5 Å². The molecule has 1 aromatic rings. The average molecular weight is 498 g/mol. The largest absolute Gasteiger partial charge is 0.486 e. The summed E-state index contributed by atoms with van der Waals surface area (Å²) >= 11 is 0. The fraction of sp³-hybridized carbons (Fsp3) is 0.680. The average Bonchev–Trinajstić information content (AvgIpc) is 3.17. The Balaban J connectivity index is 1.61.